The number of nitrogens with zero attached hydrogens (tertiary/aromatic N) is 2. The van der Waals surface area contributed by atoms with Crippen molar-refractivity contribution in [3.63, 3.8) is 0 Å². The van der Waals surface area contributed by atoms with Crippen molar-refractivity contribution in [2.45, 2.75) is 44.9 Å². The standard InChI is InChI=1S/C11H17BN2OS/c1-10(2)7-15-11(9(10)14-16)3-5-12(8-13)6-4-11/h16H,3-7H2,1-2H3/b14-9+. The van der Waals surface area contributed by atoms with E-state index in [9.17, 15) is 0 Å². The molecule has 5 heteroatoms. The predicted molar refractivity (Wildman–Crippen MR) is 69.1 cm³/mol. The Morgan fingerprint density at radius 3 is 2.56 bits per heavy atom. The predicted octanol–water partition coefficient (Wildman–Crippen LogP) is 2.42. The Morgan fingerprint density at radius 2 is 2.06 bits per heavy atom. The normalized spacial score (nSPS) is 29.6. The van der Waals surface area contributed by atoms with Gasteiger partial charge in [-0.15, -0.1) is 0 Å². The van der Waals surface area contributed by atoms with E-state index in [1.54, 1.807) is 0 Å². The topological polar surface area (TPSA) is 45.4 Å². The van der Waals surface area contributed by atoms with Crippen LogP contribution >= 0.6 is 12.8 Å². The number of rotatable bonds is 0. The summed E-state index contributed by atoms with van der Waals surface area (Å²) in [6.45, 7) is 5.20. The van der Waals surface area contributed by atoms with Crippen LogP contribution in [0, 0.1) is 16.6 Å². The van der Waals surface area contributed by atoms with Gasteiger partial charge in [0.2, 0.25) is 0 Å². The van der Waals surface area contributed by atoms with Crippen LogP contribution in [-0.2, 0) is 4.74 Å². The van der Waals surface area contributed by atoms with Gasteiger partial charge in [0.25, 0.3) is 6.71 Å². The van der Waals surface area contributed by atoms with Gasteiger partial charge in [-0.05, 0) is 25.7 Å². The zero-order chi connectivity index (χ0) is 11.8. The molecule has 0 atom stereocenters. The minimum Gasteiger partial charge on any atom is -0.368 e. The largest absolute Gasteiger partial charge is 0.368 e. The van der Waals surface area contributed by atoms with Crippen LogP contribution in [-0.4, -0.2) is 24.6 Å². The molecule has 0 radical (unpaired) electrons. The highest BCUT2D eigenvalue weighted by molar-refractivity contribution is 7.79. The second kappa shape index (κ2) is 4.08. The van der Waals surface area contributed by atoms with E-state index in [0.717, 1.165) is 31.2 Å². The maximum atomic E-state index is 8.91. The fourth-order valence-corrected chi connectivity index (χ4v) is 3.35. The van der Waals surface area contributed by atoms with Crippen LogP contribution in [0.1, 0.15) is 26.7 Å². The van der Waals surface area contributed by atoms with Gasteiger partial charge in [-0.3, -0.25) is 0 Å². The van der Waals surface area contributed by atoms with Crippen LogP contribution in [0.3, 0.4) is 0 Å². The van der Waals surface area contributed by atoms with Gasteiger partial charge in [0, 0.05) is 11.4 Å². The Morgan fingerprint density at radius 1 is 1.44 bits per heavy atom. The van der Waals surface area contributed by atoms with E-state index >= 15 is 0 Å². The lowest BCUT2D eigenvalue weighted by Gasteiger charge is -2.35. The van der Waals surface area contributed by atoms with Gasteiger partial charge in [-0.2, -0.15) is 0 Å². The van der Waals surface area contributed by atoms with Crippen molar-refractivity contribution in [3.8, 4) is 5.97 Å². The number of thiol groups is 1. The molecule has 86 valence electrons. The Labute approximate surface area is 103 Å². The average molecular weight is 236 g/mol. The molecule has 0 bridgehead atoms. The van der Waals surface area contributed by atoms with Crippen LogP contribution in [0.5, 0.6) is 0 Å². The summed E-state index contributed by atoms with van der Waals surface area (Å²) in [5, 5.41) is 8.91. The third-order valence-corrected chi connectivity index (χ3v) is 4.06. The summed E-state index contributed by atoms with van der Waals surface area (Å²) in [7, 11) is 0. The second-order valence-electron chi connectivity index (χ2n) is 5.52. The van der Waals surface area contributed by atoms with Crippen LogP contribution in [0.15, 0.2) is 4.40 Å². The lowest BCUT2D eigenvalue weighted by Crippen LogP contribution is -2.44. The third kappa shape index (κ3) is 1.78. The molecule has 2 fully saturated rings. The lowest BCUT2D eigenvalue weighted by molar-refractivity contribution is 0.0164. The first-order valence-corrected chi connectivity index (χ1v) is 6.21. The van der Waals surface area contributed by atoms with Gasteiger partial charge in [0.1, 0.15) is 5.60 Å². The smallest absolute Gasteiger partial charge is 0.268 e. The van der Waals surface area contributed by atoms with Crippen molar-refractivity contribution in [2.24, 2.45) is 9.81 Å². The first-order chi connectivity index (χ1) is 7.54. The molecule has 0 aromatic heterocycles. The van der Waals surface area contributed by atoms with Gasteiger partial charge in [0.15, 0.2) is 0 Å². The number of hydrogen-bond acceptors (Lipinski definition) is 4. The fraction of sp³-hybridized carbons (Fsp3) is 0.818. The molecule has 2 heterocycles. The van der Waals surface area contributed by atoms with E-state index in [1.807, 2.05) is 0 Å². The molecule has 3 nitrogen and oxygen atoms in total. The van der Waals surface area contributed by atoms with Crippen LogP contribution < -0.4 is 0 Å². The Bertz CT molecular complexity index is 353. The summed E-state index contributed by atoms with van der Waals surface area (Å²) < 4.78 is 10.2. The summed E-state index contributed by atoms with van der Waals surface area (Å²) in [4.78, 5) is 0. The summed E-state index contributed by atoms with van der Waals surface area (Å²) in [6, 6.07) is 0. The fourth-order valence-electron chi connectivity index (χ4n) is 2.89. The molecular weight excluding hydrogens is 219 g/mol. The van der Waals surface area contributed by atoms with Crippen molar-refractivity contribution in [2.75, 3.05) is 6.61 Å². The Kier molecular flexibility index (Phi) is 3.06. The van der Waals surface area contributed by atoms with Crippen molar-refractivity contribution >= 4 is 25.2 Å². The maximum absolute atomic E-state index is 8.91. The molecule has 0 unspecified atom stereocenters. The third-order valence-electron chi connectivity index (χ3n) is 3.86. The van der Waals surface area contributed by atoms with E-state index < -0.39 is 0 Å². The number of ether oxygens (including phenoxy) is 1. The summed E-state index contributed by atoms with van der Waals surface area (Å²) in [5.74, 6) is 2.35. The summed E-state index contributed by atoms with van der Waals surface area (Å²) >= 11 is 4.10. The minimum atomic E-state index is -0.224. The van der Waals surface area contributed by atoms with Gasteiger partial charge in [-0.1, -0.05) is 26.5 Å². The summed E-state index contributed by atoms with van der Waals surface area (Å²) in [6.07, 6.45) is 3.65. The van der Waals surface area contributed by atoms with Gasteiger partial charge in [-0.25, -0.2) is 9.66 Å². The van der Waals surface area contributed by atoms with Crippen molar-refractivity contribution in [1.29, 1.82) is 5.26 Å². The minimum absolute atomic E-state index is 0.0127. The van der Waals surface area contributed by atoms with Gasteiger partial charge in [0.05, 0.1) is 12.3 Å². The Balaban J connectivity index is 2.20. The van der Waals surface area contributed by atoms with E-state index in [0.29, 0.717) is 6.61 Å². The zero-order valence-corrected chi connectivity index (χ0v) is 10.8. The quantitative estimate of drug-likeness (QED) is 0.518. The van der Waals surface area contributed by atoms with E-state index in [-0.39, 0.29) is 17.7 Å². The van der Waals surface area contributed by atoms with E-state index in [1.165, 1.54) is 0 Å². The molecular formula is C11H17BN2OS. The Hall–Kier alpha value is -0.465. The second-order valence-corrected chi connectivity index (χ2v) is 5.72. The number of hydrogen-bond donors (Lipinski definition) is 1. The molecule has 2 rings (SSSR count). The molecule has 16 heavy (non-hydrogen) atoms. The molecule has 2 saturated heterocycles. The van der Waals surface area contributed by atoms with E-state index in [4.69, 9.17) is 10.00 Å². The molecule has 0 aromatic rings. The molecule has 1 spiro atoms. The van der Waals surface area contributed by atoms with E-state index in [2.05, 4.69) is 37.0 Å². The molecule has 2 aliphatic rings. The first-order valence-electron chi connectivity index (χ1n) is 5.81. The molecule has 2 aliphatic heterocycles. The average Bonchev–Trinajstić information content (AvgIpc) is 2.52. The molecule has 0 N–H and O–H groups in total. The highest BCUT2D eigenvalue weighted by Gasteiger charge is 2.52. The zero-order valence-electron chi connectivity index (χ0n) is 9.86. The highest BCUT2D eigenvalue weighted by atomic mass is 32.1. The molecule has 0 aromatic carbocycles. The molecule has 0 aliphatic carbocycles. The monoisotopic (exact) mass is 236 g/mol. The van der Waals surface area contributed by atoms with Crippen molar-refractivity contribution in [3.05, 3.63) is 0 Å². The van der Waals surface area contributed by atoms with Crippen LogP contribution in [0.2, 0.25) is 12.6 Å². The summed E-state index contributed by atoms with van der Waals surface area (Å²) in [5.41, 5.74) is 0.833. The lowest BCUT2D eigenvalue weighted by atomic mass is 9.40. The molecule has 0 amide bonds. The van der Waals surface area contributed by atoms with Gasteiger partial charge < -0.3 is 4.74 Å². The first kappa shape index (κ1) is 12.0. The highest BCUT2D eigenvalue weighted by Crippen LogP contribution is 2.45. The van der Waals surface area contributed by atoms with Crippen LogP contribution in [0.25, 0.3) is 0 Å². The number of nitriles is 1. The van der Waals surface area contributed by atoms with Crippen molar-refractivity contribution in [1.82, 2.24) is 0 Å². The van der Waals surface area contributed by atoms with Crippen LogP contribution in [0.4, 0.5) is 0 Å². The maximum Gasteiger partial charge on any atom is 0.268 e. The molecule has 0 saturated carbocycles. The van der Waals surface area contributed by atoms with Gasteiger partial charge >= 0.3 is 0 Å². The SMILES string of the molecule is CC1(C)COC2(CCB(C#N)CC2)/C1=N/S. The van der Waals surface area contributed by atoms with Crippen molar-refractivity contribution < 1.29 is 4.74 Å².